The predicted octanol–water partition coefficient (Wildman–Crippen LogP) is 2.53. The van der Waals surface area contributed by atoms with Crippen LogP contribution in [0.5, 0.6) is 5.75 Å². The third kappa shape index (κ3) is 6.91. The summed E-state index contributed by atoms with van der Waals surface area (Å²) in [6, 6.07) is 5.16. The molecule has 0 bridgehead atoms. The first-order valence-electron chi connectivity index (χ1n) is 7.19. The lowest BCUT2D eigenvalue weighted by atomic mass is 10.2. The fourth-order valence-electron chi connectivity index (χ4n) is 1.70. The first-order chi connectivity index (χ1) is 9.84. The summed E-state index contributed by atoms with van der Waals surface area (Å²) >= 11 is 0. The van der Waals surface area contributed by atoms with Crippen molar-refractivity contribution in [3.8, 4) is 5.75 Å². The van der Waals surface area contributed by atoms with Gasteiger partial charge in [-0.3, -0.25) is 0 Å². The fourth-order valence-corrected chi connectivity index (χ4v) is 2.54. The second-order valence-corrected chi connectivity index (χ2v) is 7.71. The van der Waals surface area contributed by atoms with Gasteiger partial charge in [0, 0.05) is 18.3 Å². The van der Waals surface area contributed by atoms with Gasteiger partial charge in [0.05, 0.1) is 12.4 Å². The standard InChI is InChI=1S/C15H24FNO3S/c1-4-21(18,19)9-5-8-20-15-7-6-13(10-14(15)16)11-17-12(2)3/h6-7,10,12,17H,4-5,8-9,11H2,1-3H3. The van der Waals surface area contributed by atoms with Crippen LogP contribution >= 0.6 is 0 Å². The molecule has 0 amide bonds. The lowest BCUT2D eigenvalue weighted by Crippen LogP contribution is -2.21. The number of hydrogen-bond acceptors (Lipinski definition) is 4. The van der Waals surface area contributed by atoms with E-state index in [0.29, 0.717) is 19.0 Å². The van der Waals surface area contributed by atoms with E-state index in [4.69, 9.17) is 4.74 Å². The summed E-state index contributed by atoms with van der Waals surface area (Å²) in [5.74, 6) is -0.0611. The molecule has 0 spiro atoms. The molecule has 0 aliphatic rings. The average Bonchev–Trinajstić information content (AvgIpc) is 2.43. The van der Waals surface area contributed by atoms with Gasteiger partial charge in [0.1, 0.15) is 9.84 Å². The molecule has 0 saturated carbocycles. The largest absolute Gasteiger partial charge is 0.490 e. The van der Waals surface area contributed by atoms with E-state index in [2.05, 4.69) is 5.32 Å². The molecule has 0 heterocycles. The van der Waals surface area contributed by atoms with Crippen LogP contribution in [-0.4, -0.2) is 32.6 Å². The Hall–Kier alpha value is -1.14. The van der Waals surface area contributed by atoms with Crippen molar-refractivity contribution in [3.05, 3.63) is 29.6 Å². The molecule has 21 heavy (non-hydrogen) atoms. The number of nitrogens with one attached hydrogen (secondary N) is 1. The van der Waals surface area contributed by atoms with Gasteiger partial charge in [0.25, 0.3) is 0 Å². The van der Waals surface area contributed by atoms with Gasteiger partial charge in [-0.1, -0.05) is 26.8 Å². The molecule has 1 rings (SSSR count). The Bertz CT molecular complexity index is 544. The quantitative estimate of drug-likeness (QED) is 0.711. The van der Waals surface area contributed by atoms with Crippen LogP contribution in [0.15, 0.2) is 18.2 Å². The zero-order valence-electron chi connectivity index (χ0n) is 12.9. The van der Waals surface area contributed by atoms with E-state index in [0.717, 1.165) is 5.56 Å². The van der Waals surface area contributed by atoms with E-state index >= 15 is 0 Å². The lowest BCUT2D eigenvalue weighted by Gasteiger charge is -2.11. The highest BCUT2D eigenvalue weighted by Gasteiger charge is 2.08. The Kier molecular flexibility index (Phi) is 7.11. The number of hydrogen-bond donors (Lipinski definition) is 1. The molecule has 0 radical (unpaired) electrons. The topological polar surface area (TPSA) is 55.4 Å². The van der Waals surface area contributed by atoms with Gasteiger partial charge in [-0.15, -0.1) is 0 Å². The summed E-state index contributed by atoms with van der Waals surface area (Å²) in [5, 5.41) is 3.21. The molecule has 1 N–H and O–H groups in total. The van der Waals surface area contributed by atoms with Crippen molar-refractivity contribution in [2.75, 3.05) is 18.1 Å². The molecule has 0 aromatic heterocycles. The first-order valence-corrected chi connectivity index (χ1v) is 9.01. The maximum Gasteiger partial charge on any atom is 0.165 e. The molecule has 1 aromatic carbocycles. The van der Waals surface area contributed by atoms with E-state index in [9.17, 15) is 12.8 Å². The molecular formula is C15H24FNO3S. The number of rotatable bonds is 9. The summed E-state index contributed by atoms with van der Waals surface area (Å²) in [7, 11) is -2.99. The van der Waals surface area contributed by atoms with E-state index in [1.54, 1.807) is 19.1 Å². The van der Waals surface area contributed by atoms with Gasteiger partial charge >= 0.3 is 0 Å². The third-order valence-electron chi connectivity index (χ3n) is 3.01. The summed E-state index contributed by atoms with van der Waals surface area (Å²) in [6.07, 6.45) is 0.367. The predicted molar refractivity (Wildman–Crippen MR) is 82.8 cm³/mol. The smallest absolute Gasteiger partial charge is 0.165 e. The van der Waals surface area contributed by atoms with Gasteiger partial charge in [0.15, 0.2) is 11.6 Å². The molecule has 0 atom stereocenters. The van der Waals surface area contributed by atoms with Gasteiger partial charge in [-0.25, -0.2) is 12.8 Å². The van der Waals surface area contributed by atoms with E-state index in [1.807, 2.05) is 13.8 Å². The van der Waals surface area contributed by atoms with Crippen molar-refractivity contribution in [1.82, 2.24) is 5.32 Å². The van der Waals surface area contributed by atoms with Crippen molar-refractivity contribution in [3.63, 3.8) is 0 Å². The first kappa shape index (κ1) is 17.9. The van der Waals surface area contributed by atoms with Crippen molar-refractivity contribution >= 4 is 9.84 Å². The van der Waals surface area contributed by atoms with Gasteiger partial charge < -0.3 is 10.1 Å². The SMILES string of the molecule is CCS(=O)(=O)CCCOc1ccc(CNC(C)C)cc1F. The highest BCUT2D eigenvalue weighted by molar-refractivity contribution is 7.91. The fraction of sp³-hybridized carbons (Fsp3) is 0.600. The van der Waals surface area contributed by atoms with Gasteiger partial charge in [-0.2, -0.15) is 0 Å². The van der Waals surface area contributed by atoms with Crippen LogP contribution in [0.1, 0.15) is 32.8 Å². The molecule has 0 unspecified atom stereocenters. The molecule has 4 nitrogen and oxygen atoms in total. The highest BCUT2D eigenvalue weighted by atomic mass is 32.2. The highest BCUT2D eigenvalue weighted by Crippen LogP contribution is 2.18. The summed E-state index contributed by atoms with van der Waals surface area (Å²) in [4.78, 5) is 0. The molecule has 0 saturated heterocycles. The minimum atomic E-state index is -2.99. The van der Waals surface area contributed by atoms with Crippen molar-refractivity contribution < 1.29 is 17.5 Å². The van der Waals surface area contributed by atoms with Crippen LogP contribution < -0.4 is 10.1 Å². The van der Waals surface area contributed by atoms with Crippen LogP contribution in [0.25, 0.3) is 0 Å². The van der Waals surface area contributed by atoms with Gasteiger partial charge in [-0.05, 0) is 24.1 Å². The summed E-state index contributed by atoms with van der Waals surface area (Å²) in [5.41, 5.74) is 0.849. The zero-order valence-corrected chi connectivity index (χ0v) is 13.7. The normalized spacial score (nSPS) is 11.9. The number of halogens is 1. The minimum absolute atomic E-state index is 0.0709. The molecule has 120 valence electrons. The van der Waals surface area contributed by atoms with E-state index in [1.165, 1.54) is 6.07 Å². The van der Waals surface area contributed by atoms with Gasteiger partial charge in [0.2, 0.25) is 0 Å². The number of ether oxygens (including phenoxy) is 1. The second kappa shape index (κ2) is 8.34. The molecular weight excluding hydrogens is 293 g/mol. The third-order valence-corrected chi connectivity index (χ3v) is 4.80. The van der Waals surface area contributed by atoms with Crippen molar-refractivity contribution in [2.45, 2.75) is 39.8 Å². The summed E-state index contributed by atoms with van der Waals surface area (Å²) < 4.78 is 41.8. The molecule has 0 aliphatic carbocycles. The van der Waals surface area contributed by atoms with Crippen molar-refractivity contribution in [2.24, 2.45) is 0 Å². The van der Waals surface area contributed by atoms with Crippen LogP contribution in [0.2, 0.25) is 0 Å². The Morgan fingerprint density at radius 3 is 2.62 bits per heavy atom. The minimum Gasteiger partial charge on any atom is -0.490 e. The second-order valence-electron chi connectivity index (χ2n) is 5.24. The summed E-state index contributed by atoms with van der Waals surface area (Å²) in [6.45, 7) is 6.46. The van der Waals surface area contributed by atoms with Crippen molar-refractivity contribution in [1.29, 1.82) is 0 Å². The number of benzene rings is 1. The Labute approximate surface area is 126 Å². The zero-order chi connectivity index (χ0) is 15.9. The molecule has 1 aromatic rings. The Morgan fingerprint density at radius 2 is 2.05 bits per heavy atom. The molecule has 6 heteroatoms. The molecule has 0 aliphatic heterocycles. The van der Waals surface area contributed by atoms with Crippen LogP contribution in [0.3, 0.4) is 0 Å². The van der Waals surface area contributed by atoms with Crippen LogP contribution in [-0.2, 0) is 16.4 Å². The van der Waals surface area contributed by atoms with E-state index < -0.39 is 15.7 Å². The monoisotopic (exact) mass is 317 g/mol. The lowest BCUT2D eigenvalue weighted by molar-refractivity contribution is 0.301. The molecule has 0 fully saturated rings. The maximum absolute atomic E-state index is 13.8. The Balaban J connectivity index is 2.46. The van der Waals surface area contributed by atoms with Crippen LogP contribution in [0.4, 0.5) is 4.39 Å². The maximum atomic E-state index is 13.8. The average molecular weight is 317 g/mol. The van der Waals surface area contributed by atoms with Crippen LogP contribution in [0, 0.1) is 5.82 Å². The number of sulfone groups is 1. The van der Waals surface area contributed by atoms with E-state index in [-0.39, 0.29) is 23.9 Å². The Morgan fingerprint density at radius 1 is 1.33 bits per heavy atom.